The highest BCUT2D eigenvalue weighted by atomic mass is 16.5. The second-order valence-electron chi connectivity index (χ2n) is 6.13. The van der Waals surface area contributed by atoms with Crippen LogP contribution in [0.3, 0.4) is 0 Å². The van der Waals surface area contributed by atoms with Gasteiger partial charge in [-0.25, -0.2) is 0 Å². The summed E-state index contributed by atoms with van der Waals surface area (Å²) in [5.74, 6) is 1.46. The first-order valence-corrected chi connectivity index (χ1v) is 7.06. The maximum absolute atomic E-state index is 5.75. The van der Waals surface area contributed by atoms with Gasteiger partial charge in [-0.1, -0.05) is 20.8 Å². The van der Waals surface area contributed by atoms with Crippen LogP contribution in [-0.2, 0) is 4.74 Å². The standard InChI is InChI=1S/C14H30N2O/c1-11(2)6-15-7-12(3)8-16-9-13(4)17-14(5)10-16/h11-15H,6-10H2,1-5H3. The van der Waals surface area contributed by atoms with Gasteiger partial charge in [0, 0.05) is 19.6 Å². The summed E-state index contributed by atoms with van der Waals surface area (Å²) < 4.78 is 5.75. The van der Waals surface area contributed by atoms with Crippen molar-refractivity contribution in [2.24, 2.45) is 11.8 Å². The molecule has 3 atom stereocenters. The summed E-state index contributed by atoms with van der Waals surface area (Å²) in [5.41, 5.74) is 0. The minimum atomic E-state index is 0.384. The quantitative estimate of drug-likeness (QED) is 0.771. The van der Waals surface area contributed by atoms with Crippen LogP contribution < -0.4 is 5.32 Å². The van der Waals surface area contributed by atoms with E-state index in [1.54, 1.807) is 0 Å². The Morgan fingerprint density at radius 2 is 1.71 bits per heavy atom. The van der Waals surface area contributed by atoms with Gasteiger partial charge in [0.05, 0.1) is 12.2 Å². The molecule has 0 aliphatic carbocycles. The fourth-order valence-electron chi connectivity index (χ4n) is 2.56. The average Bonchev–Trinajstić information content (AvgIpc) is 2.14. The van der Waals surface area contributed by atoms with Gasteiger partial charge >= 0.3 is 0 Å². The summed E-state index contributed by atoms with van der Waals surface area (Å²) in [6, 6.07) is 0. The highest BCUT2D eigenvalue weighted by Crippen LogP contribution is 2.12. The molecule has 0 radical (unpaired) electrons. The molecule has 1 fully saturated rings. The van der Waals surface area contributed by atoms with Crippen LogP contribution in [0.1, 0.15) is 34.6 Å². The largest absolute Gasteiger partial charge is 0.373 e. The number of hydrogen-bond donors (Lipinski definition) is 1. The van der Waals surface area contributed by atoms with Crippen molar-refractivity contribution in [2.75, 3.05) is 32.7 Å². The zero-order chi connectivity index (χ0) is 12.8. The van der Waals surface area contributed by atoms with E-state index in [1.165, 1.54) is 6.54 Å². The fourth-order valence-corrected chi connectivity index (χ4v) is 2.56. The Hall–Kier alpha value is -0.120. The summed E-state index contributed by atoms with van der Waals surface area (Å²) in [7, 11) is 0. The second kappa shape index (κ2) is 7.34. The molecule has 17 heavy (non-hydrogen) atoms. The van der Waals surface area contributed by atoms with E-state index in [0.29, 0.717) is 18.1 Å². The molecule has 0 spiro atoms. The molecule has 102 valence electrons. The van der Waals surface area contributed by atoms with E-state index < -0.39 is 0 Å². The topological polar surface area (TPSA) is 24.5 Å². The molecule has 1 aliphatic rings. The van der Waals surface area contributed by atoms with Crippen molar-refractivity contribution >= 4 is 0 Å². The first kappa shape index (κ1) is 14.9. The van der Waals surface area contributed by atoms with Crippen LogP contribution in [-0.4, -0.2) is 49.8 Å². The summed E-state index contributed by atoms with van der Waals surface area (Å²) >= 11 is 0. The van der Waals surface area contributed by atoms with Crippen LogP contribution in [0.15, 0.2) is 0 Å². The molecule has 3 nitrogen and oxygen atoms in total. The Morgan fingerprint density at radius 1 is 1.12 bits per heavy atom. The molecule has 0 saturated carbocycles. The van der Waals surface area contributed by atoms with Gasteiger partial charge in [0.2, 0.25) is 0 Å². The van der Waals surface area contributed by atoms with Crippen molar-refractivity contribution in [1.82, 2.24) is 10.2 Å². The zero-order valence-corrected chi connectivity index (χ0v) is 12.2. The van der Waals surface area contributed by atoms with Gasteiger partial charge in [0.15, 0.2) is 0 Å². The lowest BCUT2D eigenvalue weighted by atomic mass is 10.1. The molecule has 0 aromatic heterocycles. The highest BCUT2D eigenvalue weighted by molar-refractivity contribution is 4.75. The summed E-state index contributed by atoms with van der Waals surface area (Å²) in [6.45, 7) is 16.8. The third-order valence-electron chi connectivity index (χ3n) is 3.11. The summed E-state index contributed by atoms with van der Waals surface area (Å²) in [4.78, 5) is 2.54. The molecule has 0 bridgehead atoms. The maximum atomic E-state index is 5.75. The molecule has 1 heterocycles. The van der Waals surface area contributed by atoms with E-state index in [4.69, 9.17) is 4.74 Å². The van der Waals surface area contributed by atoms with Crippen molar-refractivity contribution in [2.45, 2.75) is 46.8 Å². The maximum Gasteiger partial charge on any atom is 0.0678 e. The minimum Gasteiger partial charge on any atom is -0.373 e. The smallest absolute Gasteiger partial charge is 0.0678 e. The SMILES string of the molecule is CC(C)CNCC(C)CN1CC(C)OC(C)C1. The average molecular weight is 242 g/mol. The van der Waals surface area contributed by atoms with Crippen LogP contribution in [0.25, 0.3) is 0 Å². The molecular weight excluding hydrogens is 212 g/mol. The Balaban J connectivity index is 2.18. The van der Waals surface area contributed by atoms with Crippen LogP contribution >= 0.6 is 0 Å². The van der Waals surface area contributed by atoms with E-state index in [1.807, 2.05) is 0 Å². The predicted molar refractivity (Wildman–Crippen MR) is 73.3 cm³/mol. The molecule has 0 aromatic rings. The summed E-state index contributed by atoms with van der Waals surface area (Å²) in [5, 5.41) is 3.54. The predicted octanol–water partition coefficient (Wildman–Crippen LogP) is 1.98. The second-order valence-corrected chi connectivity index (χ2v) is 6.13. The minimum absolute atomic E-state index is 0.384. The van der Waals surface area contributed by atoms with Crippen molar-refractivity contribution in [3.63, 3.8) is 0 Å². The van der Waals surface area contributed by atoms with E-state index in [0.717, 1.165) is 32.1 Å². The molecule has 0 aromatic carbocycles. The van der Waals surface area contributed by atoms with Crippen molar-refractivity contribution in [3.05, 3.63) is 0 Å². The van der Waals surface area contributed by atoms with Crippen molar-refractivity contribution in [1.29, 1.82) is 0 Å². The van der Waals surface area contributed by atoms with Gasteiger partial charge in [-0.3, -0.25) is 4.90 Å². The van der Waals surface area contributed by atoms with Crippen LogP contribution in [0.2, 0.25) is 0 Å². The fraction of sp³-hybridized carbons (Fsp3) is 1.00. The third kappa shape index (κ3) is 6.39. The normalized spacial score (nSPS) is 28.6. The number of morpholine rings is 1. The van der Waals surface area contributed by atoms with Gasteiger partial charge in [-0.2, -0.15) is 0 Å². The van der Waals surface area contributed by atoms with Crippen molar-refractivity contribution in [3.8, 4) is 0 Å². The number of hydrogen-bond acceptors (Lipinski definition) is 3. The lowest BCUT2D eigenvalue weighted by Gasteiger charge is -2.36. The first-order chi connectivity index (χ1) is 7.97. The molecular formula is C14H30N2O. The van der Waals surface area contributed by atoms with Gasteiger partial charge in [0.25, 0.3) is 0 Å². The molecule has 3 heteroatoms. The lowest BCUT2D eigenvalue weighted by molar-refractivity contribution is -0.0708. The first-order valence-electron chi connectivity index (χ1n) is 7.06. The van der Waals surface area contributed by atoms with Crippen LogP contribution in [0.5, 0.6) is 0 Å². The molecule has 1 rings (SSSR count). The molecule has 1 aliphatic heterocycles. The van der Waals surface area contributed by atoms with E-state index in [-0.39, 0.29) is 0 Å². The Morgan fingerprint density at radius 3 is 2.24 bits per heavy atom. The Bertz CT molecular complexity index is 198. The van der Waals surface area contributed by atoms with Gasteiger partial charge in [-0.15, -0.1) is 0 Å². The molecule has 0 amide bonds. The number of nitrogens with zero attached hydrogens (tertiary/aromatic N) is 1. The monoisotopic (exact) mass is 242 g/mol. The Labute approximate surface area is 107 Å². The molecule has 3 unspecified atom stereocenters. The van der Waals surface area contributed by atoms with Crippen LogP contribution in [0, 0.1) is 11.8 Å². The highest BCUT2D eigenvalue weighted by Gasteiger charge is 2.22. The number of rotatable bonds is 6. The van der Waals surface area contributed by atoms with E-state index in [9.17, 15) is 0 Å². The van der Waals surface area contributed by atoms with Crippen LogP contribution in [0.4, 0.5) is 0 Å². The van der Waals surface area contributed by atoms with E-state index in [2.05, 4.69) is 44.8 Å². The number of nitrogens with one attached hydrogen (secondary N) is 1. The van der Waals surface area contributed by atoms with Gasteiger partial charge < -0.3 is 10.1 Å². The number of ether oxygens (including phenoxy) is 1. The van der Waals surface area contributed by atoms with E-state index >= 15 is 0 Å². The molecule has 1 N–H and O–H groups in total. The third-order valence-corrected chi connectivity index (χ3v) is 3.11. The van der Waals surface area contributed by atoms with Gasteiger partial charge in [0.1, 0.15) is 0 Å². The Kier molecular flexibility index (Phi) is 6.45. The van der Waals surface area contributed by atoms with Gasteiger partial charge in [-0.05, 0) is 38.8 Å². The lowest BCUT2D eigenvalue weighted by Crippen LogP contribution is -2.47. The molecule has 1 saturated heterocycles. The van der Waals surface area contributed by atoms with Crippen molar-refractivity contribution < 1.29 is 4.74 Å². The zero-order valence-electron chi connectivity index (χ0n) is 12.2. The summed E-state index contributed by atoms with van der Waals surface area (Å²) in [6.07, 6.45) is 0.768.